The molecule has 0 aliphatic heterocycles. The maximum atomic E-state index is 4.21. The zero-order valence-corrected chi connectivity index (χ0v) is 27.1. The van der Waals surface area contributed by atoms with Gasteiger partial charge in [-0.1, -0.05) is 113 Å². The summed E-state index contributed by atoms with van der Waals surface area (Å²) in [5.41, 5.74) is 6.86. The second-order valence-corrected chi connectivity index (χ2v) is 12.6. The molecule has 0 bridgehead atoms. The number of hydrogen-bond donors (Lipinski definition) is 0. The summed E-state index contributed by atoms with van der Waals surface area (Å²) in [6.45, 7) is 25.5. The SMILES string of the molecule is C=CCC(C(C)C)C(CCCCC)(CCCCCCC=CCC)C(C)=C(C)CCCCCC(C)=C(C)C. The number of allylic oxidation sites excluding steroid dienone is 7. The van der Waals surface area contributed by atoms with Crippen molar-refractivity contribution in [2.45, 2.75) is 171 Å². The van der Waals surface area contributed by atoms with Gasteiger partial charge < -0.3 is 0 Å². The van der Waals surface area contributed by atoms with Gasteiger partial charge in [0.1, 0.15) is 0 Å². The van der Waals surface area contributed by atoms with Crippen molar-refractivity contribution in [3.8, 4) is 0 Å². The minimum absolute atomic E-state index is 0.336. The molecule has 2 unspecified atom stereocenters. The second-order valence-electron chi connectivity index (χ2n) is 12.6. The molecule has 2 atom stereocenters. The Bertz CT molecular complexity index is 666. The van der Waals surface area contributed by atoms with Crippen molar-refractivity contribution in [3.63, 3.8) is 0 Å². The molecule has 216 valence electrons. The first-order valence-corrected chi connectivity index (χ1v) is 16.2. The third-order valence-corrected chi connectivity index (χ3v) is 9.15. The van der Waals surface area contributed by atoms with E-state index in [0.717, 1.165) is 6.42 Å². The average molecular weight is 513 g/mol. The molecular formula is C37H68. The van der Waals surface area contributed by atoms with Gasteiger partial charge in [0.2, 0.25) is 0 Å². The van der Waals surface area contributed by atoms with Crippen LogP contribution in [0.5, 0.6) is 0 Å². The summed E-state index contributed by atoms with van der Waals surface area (Å²) >= 11 is 0. The lowest BCUT2D eigenvalue weighted by Crippen LogP contribution is -2.36. The quantitative estimate of drug-likeness (QED) is 0.0943. The summed E-state index contributed by atoms with van der Waals surface area (Å²) in [5, 5.41) is 0. The lowest BCUT2D eigenvalue weighted by Gasteiger charge is -2.46. The Morgan fingerprint density at radius 1 is 0.703 bits per heavy atom. The van der Waals surface area contributed by atoms with E-state index < -0.39 is 0 Å². The highest BCUT2D eigenvalue weighted by Gasteiger charge is 2.40. The van der Waals surface area contributed by atoms with Gasteiger partial charge in [-0.25, -0.2) is 0 Å². The topological polar surface area (TPSA) is 0 Å². The first-order valence-electron chi connectivity index (χ1n) is 16.2. The number of hydrogen-bond acceptors (Lipinski definition) is 0. The minimum atomic E-state index is 0.336. The van der Waals surface area contributed by atoms with E-state index in [-0.39, 0.29) is 0 Å². The summed E-state index contributed by atoms with van der Waals surface area (Å²) in [5.74, 6) is 1.39. The molecule has 0 spiro atoms. The highest BCUT2D eigenvalue weighted by molar-refractivity contribution is 5.22. The summed E-state index contributed by atoms with van der Waals surface area (Å²) in [6, 6.07) is 0. The van der Waals surface area contributed by atoms with Crippen LogP contribution in [0.1, 0.15) is 171 Å². The molecule has 0 saturated heterocycles. The van der Waals surface area contributed by atoms with Gasteiger partial charge in [-0.15, -0.1) is 6.58 Å². The molecule has 0 saturated carbocycles. The number of unbranched alkanes of at least 4 members (excludes halogenated alkanes) is 8. The van der Waals surface area contributed by atoms with Crippen LogP contribution in [0.3, 0.4) is 0 Å². The average Bonchev–Trinajstić information content (AvgIpc) is 2.86. The molecule has 0 nitrogen and oxygen atoms in total. The molecule has 0 rings (SSSR count). The molecule has 0 N–H and O–H groups in total. The molecule has 0 radical (unpaired) electrons. The van der Waals surface area contributed by atoms with Gasteiger partial charge in [0.05, 0.1) is 0 Å². The maximum absolute atomic E-state index is 4.21. The van der Waals surface area contributed by atoms with Gasteiger partial charge in [0.25, 0.3) is 0 Å². The Labute approximate surface area is 235 Å². The maximum Gasteiger partial charge on any atom is -0.00547 e. The predicted molar refractivity (Wildman–Crippen MR) is 172 cm³/mol. The smallest absolute Gasteiger partial charge is 0.00547 e. The van der Waals surface area contributed by atoms with Gasteiger partial charge in [0, 0.05) is 0 Å². The Balaban J connectivity index is 5.67. The van der Waals surface area contributed by atoms with Crippen LogP contribution in [0.2, 0.25) is 0 Å². The summed E-state index contributed by atoms with van der Waals surface area (Å²) < 4.78 is 0. The van der Waals surface area contributed by atoms with Crippen molar-refractivity contribution >= 4 is 0 Å². The molecule has 0 aliphatic carbocycles. The number of rotatable bonds is 23. The summed E-state index contributed by atoms with van der Waals surface area (Å²) in [6.07, 6.45) is 29.3. The van der Waals surface area contributed by atoms with Crippen LogP contribution in [0, 0.1) is 17.3 Å². The Kier molecular flexibility index (Phi) is 21.2. The van der Waals surface area contributed by atoms with Crippen LogP contribution in [-0.2, 0) is 0 Å². The van der Waals surface area contributed by atoms with E-state index in [1.54, 1.807) is 16.7 Å². The fourth-order valence-corrected chi connectivity index (χ4v) is 6.32. The highest BCUT2D eigenvalue weighted by atomic mass is 14.4. The Morgan fingerprint density at radius 2 is 1.27 bits per heavy atom. The molecule has 0 aromatic carbocycles. The van der Waals surface area contributed by atoms with E-state index in [1.165, 1.54) is 108 Å². The normalized spacial score (nSPS) is 15.1. The van der Waals surface area contributed by atoms with E-state index in [4.69, 9.17) is 0 Å². The van der Waals surface area contributed by atoms with E-state index in [1.807, 2.05) is 0 Å². The van der Waals surface area contributed by atoms with Crippen molar-refractivity contribution in [1.29, 1.82) is 0 Å². The van der Waals surface area contributed by atoms with Gasteiger partial charge in [0.15, 0.2) is 0 Å². The zero-order chi connectivity index (χ0) is 28.1. The fourth-order valence-electron chi connectivity index (χ4n) is 6.32. The first kappa shape index (κ1) is 36.0. The van der Waals surface area contributed by atoms with E-state index in [2.05, 4.69) is 87.1 Å². The molecular weight excluding hydrogens is 444 g/mol. The largest absolute Gasteiger partial charge is 0.103 e. The van der Waals surface area contributed by atoms with Crippen molar-refractivity contribution in [2.75, 3.05) is 0 Å². The van der Waals surface area contributed by atoms with Crippen LogP contribution >= 0.6 is 0 Å². The predicted octanol–water partition coefficient (Wildman–Crippen LogP) is 13.4. The van der Waals surface area contributed by atoms with Gasteiger partial charge in [-0.3, -0.25) is 0 Å². The molecule has 0 aliphatic rings. The standard InChI is InChI=1S/C37H68/c1-11-14-16-17-18-19-20-25-30-37(29-24-15-12-2,36(26-13-3)32(6)7)35(10)34(9)28-23-21-22-27-33(8)31(4)5/h13-14,16,32,36H,3,11-12,15,17-30H2,1-2,4-10H3. The lowest BCUT2D eigenvalue weighted by molar-refractivity contribution is 0.121. The van der Waals surface area contributed by atoms with Crippen LogP contribution in [0.4, 0.5) is 0 Å². The monoisotopic (exact) mass is 513 g/mol. The summed E-state index contributed by atoms with van der Waals surface area (Å²) in [7, 11) is 0. The van der Waals surface area contributed by atoms with Crippen molar-refractivity contribution < 1.29 is 0 Å². The van der Waals surface area contributed by atoms with Gasteiger partial charge in [-0.2, -0.15) is 0 Å². The Morgan fingerprint density at radius 3 is 1.81 bits per heavy atom. The molecule has 0 aromatic rings. The first-order chi connectivity index (χ1) is 17.7. The molecule has 0 fully saturated rings. The van der Waals surface area contributed by atoms with Crippen LogP contribution in [0.15, 0.2) is 47.1 Å². The third kappa shape index (κ3) is 14.6. The zero-order valence-electron chi connectivity index (χ0n) is 27.1. The van der Waals surface area contributed by atoms with Crippen molar-refractivity contribution in [2.24, 2.45) is 17.3 Å². The summed E-state index contributed by atoms with van der Waals surface area (Å²) in [4.78, 5) is 0. The van der Waals surface area contributed by atoms with E-state index in [9.17, 15) is 0 Å². The minimum Gasteiger partial charge on any atom is -0.103 e. The molecule has 0 amide bonds. The third-order valence-electron chi connectivity index (χ3n) is 9.15. The molecule has 0 heteroatoms. The van der Waals surface area contributed by atoms with E-state index >= 15 is 0 Å². The Hall–Kier alpha value is -1.04. The van der Waals surface area contributed by atoms with Crippen molar-refractivity contribution in [1.82, 2.24) is 0 Å². The second kappa shape index (κ2) is 21.8. The van der Waals surface area contributed by atoms with Gasteiger partial charge in [-0.05, 0) is 116 Å². The van der Waals surface area contributed by atoms with Crippen LogP contribution < -0.4 is 0 Å². The van der Waals surface area contributed by atoms with Crippen LogP contribution in [0.25, 0.3) is 0 Å². The van der Waals surface area contributed by atoms with Crippen molar-refractivity contribution in [3.05, 3.63) is 47.1 Å². The van der Waals surface area contributed by atoms with E-state index in [0.29, 0.717) is 17.3 Å². The highest BCUT2D eigenvalue weighted by Crippen LogP contribution is 2.51. The lowest BCUT2D eigenvalue weighted by atomic mass is 9.59. The van der Waals surface area contributed by atoms with Gasteiger partial charge >= 0.3 is 0 Å². The fraction of sp³-hybridized carbons (Fsp3) is 0.784. The van der Waals surface area contributed by atoms with Crippen LogP contribution in [-0.4, -0.2) is 0 Å². The molecule has 0 aromatic heterocycles. The molecule has 37 heavy (non-hydrogen) atoms. The molecule has 0 heterocycles.